The largest absolute Gasteiger partial charge is 0.457 e. The topological polar surface area (TPSA) is 80.2 Å². The Morgan fingerprint density at radius 1 is 1.16 bits per heavy atom. The molecule has 0 aliphatic carbocycles. The highest BCUT2D eigenvalue weighted by Gasteiger charge is 2.32. The van der Waals surface area contributed by atoms with E-state index in [9.17, 15) is 5.11 Å². The van der Waals surface area contributed by atoms with Gasteiger partial charge in [0, 0.05) is 0 Å². The molecule has 0 heterocycles. The highest BCUT2D eigenvalue weighted by molar-refractivity contribution is 5.69. The average Bonchev–Trinajstić information content (AvgIpc) is 2.59. The van der Waals surface area contributed by atoms with Crippen LogP contribution in [0.4, 0.5) is 0 Å². The number of hydrogen-bond donors (Lipinski definition) is 2. The lowest BCUT2D eigenvalue weighted by Gasteiger charge is -2.31. The predicted octanol–water partition coefficient (Wildman–Crippen LogP) is 3.65. The van der Waals surface area contributed by atoms with Crippen LogP contribution in [-0.2, 0) is 5.60 Å². The SMILES string of the molecule is Cc1cccc(Oc2ccc(C(O)(CN=CN=CN)C(C)C)cc2)c1. The molecular weight excluding hydrogens is 314 g/mol. The standard InChI is InChI=1S/C20H25N3O2/c1-15(2)20(24,12-22-14-23-13-21)17-7-9-18(10-8-17)25-19-6-4-5-16(3)11-19/h4-11,13-15,24H,12H2,1-3H3,(H2,21,22,23). The average molecular weight is 339 g/mol. The molecule has 25 heavy (non-hydrogen) atoms. The van der Waals surface area contributed by atoms with Gasteiger partial charge in [-0.15, -0.1) is 0 Å². The number of aliphatic imine (C=N–C) groups is 2. The molecule has 0 saturated heterocycles. The third kappa shape index (κ3) is 4.90. The number of nitrogens with zero attached hydrogens (tertiary/aromatic N) is 2. The van der Waals surface area contributed by atoms with Crippen molar-refractivity contribution >= 4 is 12.7 Å². The molecule has 0 aliphatic rings. The zero-order valence-electron chi connectivity index (χ0n) is 14.9. The van der Waals surface area contributed by atoms with Crippen LogP contribution in [0.1, 0.15) is 25.0 Å². The predicted molar refractivity (Wildman–Crippen MR) is 102 cm³/mol. The first-order chi connectivity index (χ1) is 12.0. The Morgan fingerprint density at radius 2 is 1.88 bits per heavy atom. The quantitative estimate of drug-likeness (QED) is 0.597. The molecule has 2 aromatic rings. The molecule has 5 heteroatoms. The van der Waals surface area contributed by atoms with Crippen LogP contribution in [0.3, 0.4) is 0 Å². The van der Waals surface area contributed by atoms with E-state index in [1.54, 1.807) is 0 Å². The van der Waals surface area contributed by atoms with Crippen molar-refractivity contribution in [3.63, 3.8) is 0 Å². The Kier molecular flexibility index (Phi) is 6.31. The second kappa shape index (κ2) is 8.44. The van der Waals surface area contributed by atoms with Crippen molar-refractivity contribution in [2.75, 3.05) is 6.54 Å². The summed E-state index contributed by atoms with van der Waals surface area (Å²) in [5, 5.41) is 11.0. The van der Waals surface area contributed by atoms with Gasteiger partial charge in [-0.25, -0.2) is 4.99 Å². The van der Waals surface area contributed by atoms with Crippen molar-refractivity contribution in [1.29, 1.82) is 0 Å². The summed E-state index contributed by atoms with van der Waals surface area (Å²) in [5.41, 5.74) is 6.02. The van der Waals surface area contributed by atoms with Gasteiger partial charge < -0.3 is 15.6 Å². The molecular formula is C20H25N3O2. The van der Waals surface area contributed by atoms with Crippen molar-refractivity contribution in [3.8, 4) is 11.5 Å². The van der Waals surface area contributed by atoms with Gasteiger partial charge in [0.05, 0.1) is 12.9 Å². The summed E-state index contributed by atoms with van der Waals surface area (Å²) in [6.07, 6.45) is 2.51. The van der Waals surface area contributed by atoms with Gasteiger partial charge in [-0.1, -0.05) is 38.1 Å². The van der Waals surface area contributed by atoms with Gasteiger partial charge in [0.25, 0.3) is 0 Å². The van der Waals surface area contributed by atoms with Crippen molar-refractivity contribution in [2.45, 2.75) is 26.4 Å². The first-order valence-electron chi connectivity index (χ1n) is 8.25. The molecule has 0 bridgehead atoms. The van der Waals surface area contributed by atoms with Crippen LogP contribution in [0.25, 0.3) is 0 Å². The number of aliphatic hydroxyl groups is 1. The van der Waals surface area contributed by atoms with Crippen LogP contribution >= 0.6 is 0 Å². The third-order valence-corrected chi connectivity index (χ3v) is 4.10. The summed E-state index contributed by atoms with van der Waals surface area (Å²) in [5.74, 6) is 1.49. The molecule has 0 saturated carbocycles. The van der Waals surface area contributed by atoms with E-state index < -0.39 is 5.60 Å². The Balaban J connectivity index is 2.17. The van der Waals surface area contributed by atoms with Gasteiger partial charge in [0.1, 0.15) is 23.4 Å². The fraction of sp³-hybridized carbons (Fsp3) is 0.300. The van der Waals surface area contributed by atoms with Crippen LogP contribution < -0.4 is 10.5 Å². The molecule has 2 rings (SSSR count). The minimum Gasteiger partial charge on any atom is -0.457 e. The van der Waals surface area contributed by atoms with Crippen LogP contribution in [0.15, 0.2) is 58.5 Å². The van der Waals surface area contributed by atoms with Gasteiger partial charge in [0.15, 0.2) is 0 Å². The summed E-state index contributed by atoms with van der Waals surface area (Å²) in [4.78, 5) is 7.87. The Bertz CT molecular complexity index is 739. The Morgan fingerprint density at radius 3 is 2.48 bits per heavy atom. The van der Waals surface area contributed by atoms with Crippen molar-refractivity contribution in [2.24, 2.45) is 21.6 Å². The molecule has 0 amide bonds. The van der Waals surface area contributed by atoms with E-state index in [0.29, 0.717) is 0 Å². The van der Waals surface area contributed by atoms with E-state index >= 15 is 0 Å². The molecule has 0 aliphatic heterocycles. The fourth-order valence-corrected chi connectivity index (χ4v) is 2.50. The number of aryl methyl sites for hydroxylation is 1. The Labute approximate surface area is 148 Å². The minimum atomic E-state index is -1.08. The first kappa shape index (κ1) is 18.7. The summed E-state index contributed by atoms with van der Waals surface area (Å²) < 4.78 is 5.86. The number of ether oxygens (including phenoxy) is 1. The maximum absolute atomic E-state index is 11.0. The summed E-state index contributed by atoms with van der Waals surface area (Å²) in [6, 6.07) is 15.3. The lowest BCUT2D eigenvalue weighted by Crippen LogP contribution is -2.35. The molecule has 0 radical (unpaired) electrons. The van der Waals surface area contributed by atoms with Gasteiger partial charge in [-0.3, -0.25) is 4.99 Å². The summed E-state index contributed by atoms with van der Waals surface area (Å²) >= 11 is 0. The zero-order valence-corrected chi connectivity index (χ0v) is 14.9. The highest BCUT2D eigenvalue weighted by atomic mass is 16.5. The fourth-order valence-electron chi connectivity index (χ4n) is 2.50. The van der Waals surface area contributed by atoms with Gasteiger partial charge in [-0.2, -0.15) is 0 Å². The minimum absolute atomic E-state index is 0.0185. The monoisotopic (exact) mass is 339 g/mol. The lowest BCUT2D eigenvalue weighted by atomic mass is 9.83. The summed E-state index contributed by atoms with van der Waals surface area (Å²) in [6.45, 7) is 6.14. The molecule has 5 nitrogen and oxygen atoms in total. The number of benzene rings is 2. The molecule has 0 spiro atoms. The summed E-state index contributed by atoms with van der Waals surface area (Å²) in [7, 11) is 0. The molecule has 2 aromatic carbocycles. The van der Waals surface area contributed by atoms with Crippen molar-refractivity contribution in [3.05, 3.63) is 59.7 Å². The van der Waals surface area contributed by atoms with Crippen LogP contribution in [0, 0.1) is 12.8 Å². The normalized spacial score (nSPS) is 14.3. The lowest BCUT2D eigenvalue weighted by molar-refractivity contribution is -0.000537. The second-order valence-electron chi connectivity index (χ2n) is 6.28. The number of rotatable bonds is 7. The highest BCUT2D eigenvalue weighted by Crippen LogP contribution is 2.32. The van der Waals surface area contributed by atoms with E-state index in [1.807, 2.05) is 69.3 Å². The van der Waals surface area contributed by atoms with Crippen molar-refractivity contribution < 1.29 is 9.84 Å². The van der Waals surface area contributed by atoms with E-state index in [4.69, 9.17) is 10.5 Å². The molecule has 1 atom stereocenters. The molecule has 0 fully saturated rings. The van der Waals surface area contributed by atoms with E-state index in [2.05, 4.69) is 9.98 Å². The Hall–Kier alpha value is -2.66. The van der Waals surface area contributed by atoms with Crippen LogP contribution in [0.2, 0.25) is 0 Å². The van der Waals surface area contributed by atoms with Gasteiger partial charge in [-0.05, 0) is 48.2 Å². The number of hydrogen-bond acceptors (Lipinski definition) is 3. The maximum atomic E-state index is 11.0. The second-order valence-corrected chi connectivity index (χ2v) is 6.28. The van der Waals surface area contributed by atoms with E-state index in [0.717, 1.165) is 29.0 Å². The molecule has 132 valence electrons. The maximum Gasteiger partial charge on any atom is 0.127 e. The zero-order chi connectivity index (χ0) is 18.3. The molecule has 3 N–H and O–H groups in total. The van der Waals surface area contributed by atoms with Crippen LogP contribution in [-0.4, -0.2) is 24.3 Å². The molecule has 1 unspecified atom stereocenters. The van der Waals surface area contributed by atoms with E-state index in [1.165, 1.54) is 6.34 Å². The smallest absolute Gasteiger partial charge is 0.127 e. The molecule has 0 aromatic heterocycles. The van der Waals surface area contributed by atoms with E-state index in [-0.39, 0.29) is 12.5 Å². The third-order valence-electron chi connectivity index (χ3n) is 4.10. The first-order valence-corrected chi connectivity index (χ1v) is 8.25. The number of nitrogens with two attached hydrogens (primary N) is 1. The van der Waals surface area contributed by atoms with Gasteiger partial charge in [0.2, 0.25) is 0 Å². The van der Waals surface area contributed by atoms with Crippen molar-refractivity contribution in [1.82, 2.24) is 0 Å². The van der Waals surface area contributed by atoms with Gasteiger partial charge >= 0.3 is 0 Å². The van der Waals surface area contributed by atoms with Crippen LogP contribution in [0.5, 0.6) is 11.5 Å².